The highest BCUT2D eigenvalue weighted by Crippen LogP contribution is 2.28. The van der Waals surface area contributed by atoms with E-state index >= 15 is 0 Å². The Morgan fingerprint density at radius 2 is 1.62 bits per heavy atom. The number of rotatable bonds is 5. The molecule has 0 aliphatic heterocycles. The van der Waals surface area contributed by atoms with Gasteiger partial charge in [0.2, 0.25) is 0 Å². The number of carbonyl (C=O) groups excluding carboxylic acids is 2. The van der Waals surface area contributed by atoms with Gasteiger partial charge in [-0.2, -0.15) is 0 Å². The van der Waals surface area contributed by atoms with Crippen molar-refractivity contribution in [2.24, 2.45) is 0 Å². The van der Waals surface area contributed by atoms with Crippen LogP contribution < -0.4 is 10.2 Å². The third kappa shape index (κ3) is 4.81. The van der Waals surface area contributed by atoms with Crippen molar-refractivity contribution in [3.8, 4) is 0 Å². The topological polar surface area (TPSA) is 49.4 Å². The van der Waals surface area contributed by atoms with Crippen LogP contribution in [0.3, 0.4) is 0 Å². The predicted molar refractivity (Wildman–Crippen MR) is 114 cm³/mol. The second-order valence-electron chi connectivity index (χ2n) is 6.76. The van der Waals surface area contributed by atoms with Gasteiger partial charge in [-0.25, -0.2) is 4.39 Å². The molecule has 29 heavy (non-hydrogen) atoms. The van der Waals surface area contributed by atoms with Gasteiger partial charge in [-0.15, -0.1) is 0 Å². The SMILES string of the molecule is CC(C)N(C(=O)c1ccccc1)c1ccc(Cl)cc1C(=O)Nc1ccc(F)cc1. The zero-order valence-corrected chi connectivity index (χ0v) is 16.8. The molecule has 0 spiro atoms. The van der Waals surface area contributed by atoms with Crippen LogP contribution in [0.25, 0.3) is 0 Å². The van der Waals surface area contributed by atoms with Gasteiger partial charge in [0.1, 0.15) is 5.82 Å². The third-order valence-corrected chi connectivity index (χ3v) is 4.56. The van der Waals surface area contributed by atoms with E-state index < -0.39 is 11.7 Å². The second-order valence-corrected chi connectivity index (χ2v) is 7.19. The van der Waals surface area contributed by atoms with E-state index in [0.29, 0.717) is 22.0 Å². The minimum atomic E-state index is -0.444. The van der Waals surface area contributed by atoms with Gasteiger partial charge >= 0.3 is 0 Å². The highest BCUT2D eigenvalue weighted by molar-refractivity contribution is 6.31. The molecule has 0 unspecified atom stereocenters. The Hall–Kier alpha value is -3.18. The molecule has 6 heteroatoms. The maximum atomic E-state index is 13.2. The van der Waals surface area contributed by atoms with Crippen LogP contribution in [0, 0.1) is 5.82 Å². The summed E-state index contributed by atoms with van der Waals surface area (Å²) in [5.41, 5.74) is 1.64. The Morgan fingerprint density at radius 1 is 0.966 bits per heavy atom. The van der Waals surface area contributed by atoms with Crippen molar-refractivity contribution in [3.05, 3.63) is 94.8 Å². The van der Waals surface area contributed by atoms with Crippen molar-refractivity contribution in [2.75, 3.05) is 10.2 Å². The van der Waals surface area contributed by atoms with Gasteiger partial charge in [0, 0.05) is 22.3 Å². The van der Waals surface area contributed by atoms with Crippen LogP contribution in [-0.4, -0.2) is 17.9 Å². The Balaban J connectivity index is 2.00. The van der Waals surface area contributed by atoms with Crippen LogP contribution in [0.1, 0.15) is 34.6 Å². The number of nitrogens with zero attached hydrogens (tertiary/aromatic N) is 1. The van der Waals surface area contributed by atoms with Crippen molar-refractivity contribution >= 4 is 34.8 Å². The van der Waals surface area contributed by atoms with Crippen molar-refractivity contribution in [2.45, 2.75) is 19.9 Å². The van der Waals surface area contributed by atoms with Crippen molar-refractivity contribution < 1.29 is 14.0 Å². The summed E-state index contributed by atoms with van der Waals surface area (Å²) >= 11 is 6.13. The zero-order chi connectivity index (χ0) is 21.0. The fraction of sp³-hybridized carbons (Fsp3) is 0.130. The molecule has 0 atom stereocenters. The lowest BCUT2D eigenvalue weighted by Gasteiger charge is -2.29. The minimum Gasteiger partial charge on any atom is -0.322 e. The monoisotopic (exact) mass is 410 g/mol. The largest absolute Gasteiger partial charge is 0.322 e. The molecular weight excluding hydrogens is 391 g/mol. The number of amides is 2. The molecule has 0 fully saturated rings. The van der Waals surface area contributed by atoms with Crippen LogP contribution in [0.2, 0.25) is 5.02 Å². The number of carbonyl (C=O) groups is 2. The van der Waals surface area contributed by atoms with Crippen molar-refractivity contribution in [1.29, 1.82) is 0 Å². The lowest BCUT2D eigenvalue weighted by atomic mass is 10.1. The molecule has 3 rings (SSSR count). The molecule has 0 bridgehead atoms. The molecule has 3 aromatic rings. The molecule has 0 radical (unpaired) electrons. The summed E-state index contributed by atoms with van der Waals surface area (Å²) in [5.74, 6) is -1.06. The van der Waals surface area contributed by atoms with Gasteiger partial charge in [-0.3, -0.25) is 9.59 Å². The molecule has 0 aliphatic carbocycles. The first-order chi connectivity index (χ1) is 13.9. The molecule has 0 saturated carbocycles. The smallest absolute Gasteiger partial charge is 0.258 e. The van der Waals surface area contributed by atoms with Gasteiger partial charge < -0.3 is 10.2 Å². The highest BCUT2D eigenvalue weighted by atomic mass is 35.5. The lowest BCUT2D eigenvalue weighted by molar-refractivity contribution is 0.0980. The summed E-state index contributed by atoms with van der Waals surface area (Å²) < 4.78 is 13.1. The van der Waals surface area contributed by atoms with E-state index in [0.717, 1.165) is 0 Å². The van der Waals surface area contributed by atoms with Crippen LogP contribution in [0.15, 0.2) is 72.8 Å². The normalized spacial score (nSPS) is 10.7. The second kappa shape index (κ2) is 8.88. The van der Waals surface area contributed by atoms with E-state index in [1.165, 1.54) is 30.3 Å². The molecular formula is C23H20ClFN2O2. The predicted octanol–water partition coefficient (Wildman–Crippen LogP) is 5.79. The minimum absolute atomic E-state index is 0.207. The Bertz CT molecular complexity index is 1020. The molecule has 3 aromatic carbocycles. The van der Waals surface area contributed by atoms with Crippen LogP contribution in [-0.2, 0) is 0 Å². The average Bonchev–Trinajstić information content (AvgIpc) is 2.71. The van der Waals surface area contributed by atoms with Gasteiger partial charge in [-0.05, 0) is 68.4 Å². The Morgan fingerprint density at radius 3 is 2.24 bits per heavy atom. The Labute approximate surface area is 173 Å². The summed E-state index contributed by atoms with van der Waals surface area (Å²) in [6, 6.07) is 18.9. The first-order valence-electron chi connectivity index (χ1n) is 9.12. The zero-order valence-electron chi connectivity index (χ0n) is 16.0. The molecule has 148 valence electrons. The maximum absolute atomic E-state index is 13.2. The van der Waals surface area contributed by atoms with Gasteiger partial charge in [0.25, 0.3) is 11.8 Å². The van der Waals surface area contributed by atoms with E-state index in [4.69, 9.17) is 11.6 Å². The Kier molecular flexibility index (Phi) is 6.29. The summed E-state index contributed by atoms with van der Waals surface area (Å²) in [5, 5.41) is 3.09. The molecule has 1 N–H and O–H groups in total. The van der Waals surface area contributed by atoms with Gasteiger partial charge in [-0.1, -0.05) is 29.8 Å². The van der Waals surface area contributed by atoms with E-state index in [2.05, 4.69) is 5.32 Å². The van der Waals surface area contributed by atoms with Gasteiger partial charge in [0.05, 0.1) is 11.3 Å². The van der Waals surface area contributed by atoms with E-state index in [1.807, 2.05) is 19.9 Å². The van der Waals surface area contributed by atoms with Crippen LogP contribution >= 0.6 is 11.6 Å². The quantitative estimate of drug-likeness (QED) is 0.579. The fourth-order valence-corrected chi connectivity index (χ4v) is 3.15. The number of halogens is 2. The molecule has 0 aromatic heterocycles. The molecule has 2 amide bonds. The van der Waals surface area contributed by atoms with E-state index in [9.17, 15) is 14.0 Å². The van der Waals surface area contributed by atoms with Crippen molar-refractivity contribution in [1.82, 2.24) is 0 Å². The molecule has 0 aliphatic rings. The lowest BCUT2D eigenvalue weighted by Crippen LogP contribution is -2.38. The summed E-state index contributed by atoms with van der Waals surface area (Å²) in [6.07, 6.45) is 0. The number of nitrogens with one attached hydrogen (secondary N) is 1. The van der Waals surface area contributed by atoms with Crippen molar-refractivity contribution in [3.63, 3.8) is 0 Å². The maximum Gasteiger partial charge on any atom is 0.258 e. The number of hydrogen-bond donors (Lipinski definition) is 1. The van der Waals surface area contributed by atoms with Crippen LogP contribution in [0.4, 0.5) is 15.8 Å². The summed E-state index contributed by atoms with van der Waals surface area (Å²) in [6.45, 7) is 3.74. The highest BCUT2D eigenvalue weighted by Gasteiger charge is 2.25. The molecule has 0 saturated heterocycles. The first kappa shape index (κ1) is 20.6. The summed E-state index contributed by atoms with van der Waals surface area (Å²) in [4.78, 5) is 27.7. The van der Waals surface area contributed by atoms with Crippen LogP contribution in [0.5, 0.6) is 0 Å². The number of hydrogen-bond acceptors (Lipinski definition) is 2. The van der Waals surface area contributed by atoms with Gasteiger partial charge in [0.15, 0.2) is 0 Å². The third-order valence-electron chi connectivity index (χ3n) is 4.32. The first-order valence-corrected chi connectivity index (χ1v) is 9.49. The number of anilines is 2. The van der Waals surface area contributed by atoms with E-state index in [1.54, 1.807) is 41.3 Å². The molecule has 4 nitrogen and oxygen atoms in total. The van der Waals surface area contributed by atoms with E-state index in [-0.39, 0.29) is 17.5 Å². The summed E-state index contributed by atoms with van der Waals surface area (Å²) in [7, 11) is 0. The molecule has 0 heterocycles. The number of benzene rings is 3. The standard InChI is InChI=1S/C23H20ClFN2O2/c1-15(2)27(23(29)16-6-4-3-5-7-16)21-13-8-17(24)14-20(21)22(28)26-19-11-9-18(25)10-12-19/h3-15H,1-2H3,(H,26,28). The average molecular weight is 411 g/mol. The fourth-order valence-electron chi connectivity index (χ4n) is 2.97.